The van der Waals surface area contributed by atoms with Crippen molar-refractivity contribution < 1.29 is 51.0 Å². The molecule has 1 aliphatic rings. The number of benzene rings is 2. The van der Waals surface area contributed by atoms with Crippen LogP contribution in [0, 0.1) is 5.41 Å². The van der Waals surface area contributed by atoms with Crippen LogP contribution < -0.4 is 24.8 Å². The zero-order chi connectivity index (χ0) is 19.8. The fraction of sp³-hybridized carbons (Fsp3) is 0.464. The molecule has 3 aromatic carbocycles. The fourth-order valence-electron chi connectivity index (χ4n) is 5.26. The fourth-order valence-corrected chi connectivity index (χ4v) is 5.26. The number of rotatable bonds is 3. The number of hydrogen-bond donors (Lipinski definition) is 0. The molecule has 31 heavy (non-hydrogen) atoms. The monoisotopic (exact) mass is 531 g/mol. The van der Waals surface area contributed by atoms with Crippen molar-refractivity contribution in [2.24, 2.45) is 5.41 Å². The van der Waals surface area contributed by atoms with Crippen molar-refractivity contribution in [3.8, 4) is 11.1 Å². The van der Waals surface area contributed by atoms with Gasteiger partial charge >= 0.3 is 26.2 Å². The van der Waals surface area contributed by atoms with Gasteiger partial charge in [-0.05, 0) is 41.2 Å². The maximum absolute atomic E-state index is 2.52. The topological polar surface area (TPSA) is 0 Å². The van der Waals surface area contributed by atoms with E-state index in [2.05, 4.69) is 82.3 Å². The molecular weight excluding hydrogens is 498 g/mol. The normalized spacial score (nSPS) is 15.9. The van der Waals surface area contributed by atoms with Crippen LogP contribution in [0.15, 0.2) is 54.6 Å². The molecule has 0 amide bonds. The van der Waals surface area contributed by atoms with Gasteiger partial charge in [0.25, 0.3) is 0 Å². The summed E-state index contributed by atoms with van der Waals surface area (Å²) in [6, 6.07) is 20.7. The van der Waals surface area contributed by atoms with Gasteiger partial charge in [-0.15, -0.1) is 34.5 Å². The smallest absolute Gasteiger partial charge is 1.00 e. The van der Waals surface area contributed by atoms with Gasteiger partial charge in [-0.1, -0.05) is 89.3 Å². The minimum Gasteiger partial charge on any atom is -1.00 e. The molecular formula is C28H35Cl2Zr. The molecule has 0 nitrogen and oxygen atoms in total. The molecule has 0 aromatic heterocycles. The molecule has 0 heterocycles. The van der Waals surface area contributed by atoms with Gasteiger partial charge in [-0.25, -0.2) is 0 Å². The van der Waals surface area contributed by atoms with E-state index in [-0.39, 0.29) is 56.4 Å². The van der Waals surface area contributed by atoms with Crippen molar-refractivity contribution in [2.45, 2.75) is 78.1 Å². The Morgan fingerprint density at radius 2 is 1.45 bits per heavy atom. The summed E-state index contributed by atoms with van der Waals surface area (Å²) < 4.78 is 0. The Labute approximate surface area is 220 Å². The van der Waals surface area contributed by atoms with Crippen LogP contribution in [0.5, 0.6) is 0 Å². The van der Waals surface area contributed by atoms with Crippen molar-refractivity contribution in [3.63, 3.8) is 0 Å². The summed E-state index contributed by atoms with van der Waals surface area (Å²) in [6.45, 7) is 9.46. The molecule has 0 bridgehead atoms. The van der Waals surface area contributed by atoms with E-state index in [0.29, 0.717) is 5.41 Å². The zero-order valence-electron chi connectivity index (χ0n) is 19.4. The van der Waals surface area contributed by atoms with E-state index >= 15 is 0 Å². The summed E-state index contributed by atoms with van der Waals surface area (Å²) >= 11 is 0. The van der Waals surface area contributed by atoms with E-state index in [1.807, 2.05) is 0 Å². The summed E-state index contributed by atoms with van der Waals surface area (Å²) in [5.41, 5.74) is 6.35. The van der Waals surface area contributed by atoms with Gasteiger partial charge in [0, 0.05) is 0 Å². The SMILES string of the molecule is CC1(Cc2cc3c(-c4ccccc4C(C)(C)C)cccc3[cH-]2)CCCCCC1.[Cl-].[Cl-].[Zr+3]. The minimum atomic E-state index is 0. The average Bonchev–Trinajstić information content (AvgIpc) is 2.93. The molecule has 3 aromatic rings. The predicted molar refractivity (Wildman–Crippen MR) is 123 cm³/mol. The van der Waals surface area contributed by atoms with Gasteiger partial charge in [-0.3, -0.25) is 0 Å². The first-order chi connectivity index (χ1) is 13.4. The van der Waals surface area contributed by atoms with E-state index in [9.17, 15) is 0 Å². The first-order valence-electron chi connectivity index (χ1n) is 11.1. The van der Waals surface area contributed by atoms with Crippen LogP contribution in [-0.2, 0) is 38.0 Å². The van der Waals surface area contributed by atoms with Crippen molar-refractivity contribution in [2.75, 3.05) is 0 Å². The molecule has 1 saturated carbocycles. The van der Waals surface area contributed by atoms with Crippen LogP contribution in [0.3, 0.4) is 0 Å². The summed E-state index contributed by atoms with van der Waals surface area (Å²) in [6.07, 6.45) is 9.64. The summed E-state index contributed by atoms with van der Waals surface area (Å²) in [4.78, 5) is 0. The maximum Gasteiger partial charge on any atom is 3.00 e. The van der Waals surface area contributed by atoms with Gasteiger partial charge in [-0.2, -0.15) is 6.07 Å². The van der Waals surface area contributed by atoms with Crippen molar-refractivity contribution in [1.29, 1.82) is 0 Å². The van der Waals surface area contributed by atoms with E-state index in [1.54, 1.807) is 0 Å². The van der Waals surface area contributed by atoms with E-state index in [0.717, 1.165) is 0 Å². The first-order valence-corrected chi connectivity index (χ1v) is 11.1. The van der Waals surface area contributed by atoms with Gasteiger partial charge in [0.05, 0.1) is 0 Å². The molecule has 0 saturated heterocycles. The zero-order valence-corrected chi connectivity index (χ0v) is 23.4. The van der Waals surface area contributed by atoms with Crippen LogP contribution in [0.2, 0.25) is 0 Å². The summed E-state index contributed by atoms with van der Waals surface area (Å²) in [5, 5.41) is 2.82. The Morgan fingerprint density at radius 1 is 0.839 bits per heavy atom. The number of hydrogen-bond acceptors (Lipinski definition) is 0. The minimum absolute atomic E-state index is 0. The molecule has 0 spiro atoms. The van der Waals surface area contributed by atoms with Gasteiger partial charge in [0.1, 0.15) is 0 Å². The van der Waals surface area contributed by atoms with Crippen molar-refractivity contribution >= 4 is 10.8 Å². The third-order valence-corrected chi connectivity index (χ3v) is 6.78. The molecule has 1 aliphatic carbocycles. The van der Waals surface area contributed by atoms with Crippen molar-refractivity contribution in [1.82, 2.24) is 0 Å². The third kappa shape index (κ3) is 6.53. The standard InChI is InChI=1S/C28H35.2ClH.Zr/c1-27(2,3)26-15-8-7-13-24(26)23-14-11-12-22-18-21(19-25(22)23)20-28(4)16-9-5-6-10-17-28;;;/h7-8,11-15,18-19H,5-6,9-10,16-17,20H2,1-4H3;2*1H;/q-1;;;+3/p-2. The largest absolute Gasteiger partial charge is 3.00 e. The molecule has 0 aliphatic heterocycles. The van der Waals surface area contributed by atoms with Crippen LogP contribution in [-0.4, -0.2) is 0 Å². The molecule has 165 valence electrons. The number of fused-ring (bicyclic) bond motifs is 1. The van der Waals surface area contributed by atoms with Gasteiger partial charge in [0.15, 0.2) is 0 Å². The summed E-state index contributed by atoms with van der Waals surface area (Å²) in [5.74, 6) is 0. The van der Waals surface area contributed by atoms with Gasteiger partial charge < -0.3 is 24.8 Å². The Hall–Kier alpha value is -0.487. The van der Waals surface area contributed by atoms with E-state index in [1.165, 1.54) is 78.0 Å². The van der Waals surface area contributed by atoms with Crippen LogP contribution >= 0.6 is 0 Å². The van der Waals surface area contributed by atoms with Crippen LogP contribution in [0.4, 0.5) is 0 Å². The Balaban J connectivity index is 0.00000160. The number of halogens is 2. The Kier molecular flexibility index (Phi) is 10.7. The van der Waals surface area contributed by atoms with Crippen LogP contribution in [0.1, 0.15) is 77.3 Å². The molecule has 4 rings (SSSR count). The quantitative estimate of drug-likeness (QED) is 0.359. The molecule has 0 unspecified atom stereocenters. The predicted octanol–water partition coefficient (Wildman–Crippen LogP) is 2.43. The second-order valence-electron chi connectivity index (χ2n) is 10.4. The van der Waals surface area contributed by atoms with Crippen molar-refractivity contribution in [3.05, 3.63) is 65.7 Å². The average molecular weight is 534 g/mol. The molecule has 1 radical (unpaired) electrons. The Bertz CT molecular complexity index is 957. The maximum atomic E-state index is 2.52. The first kappa shape index (κ1) is 28.5. The third-order valence-electron chi connectivity index (χ3n) is 6.78. The summed E-state index contributed by atoms with van der Waals surface area (Å²) in [7, 11) is 0. The molecule has 1 fully saturated rings. The van der Waals surface area contributed by atoms with Gasteiger partial charge in [0.2, 0.25) is 0 Å². The second kappa shape index (κ2) is 11.6. The van der Waals surface area contributed by atoms with E-state index < -0.39 is 0 Å². The van der Waals surface area contributed by atoms with Crippen LogP contribution in [0.25, 0.3) is 21.9 Å². The van der Waals surface area contributed by atoms with E-state index in [4.69, 9.17) is 0 Å². The molecule has 0 N–H and O–H groups in total. The molecule has 0 atom stereocenters. The molecule has 3 heteroatoms. The second-order valence-corrected chi connectivity index (χ2v) is 10.4. The Morgan fingerprint density at radius 3 is 2.10 bits per heavy atom.